The smallest absolute Gasteiger partial charge is 0.409 e. The van der Waals surface area contributed by atoms with E-state index in [1.165, 1.54) is 12.0 Å². The lowest BCUT2D eigenvalue weighted by Gasteiger charge is -2.34. The maximum atomic E-state index is 14.0. The van der Waals surface area contributed by atoms with Crippen molar-refractivity contribution in [1.29, 1.82) is 0 Å². The van der Waals surface area contributed by atoms with Gasteiger partial charge in [0.15, 0.2) is 0 Å². The highest BCUT2D eigenvalue weighted by molar-refractivity contribution is 5.87. The van der Waals surface area contributed by atoms with Crippen LogP contribution in [0.1, 0.15) is 39.1 Å². The second-order valence-electron chi connectivity index (χ2n) is 12.5. The SMILES string of the molecule is COC(=O)N(C)[C@H](C(=O)N1C[C@@H](C)C[C@H]1c1nc2ccc(-c3ccc(-c4ccc5ncn(C)c5c4)cc3)cc2n1C)C(C)C. The van der Waals surface area contributed by atoms with Crippen molar-refractivity contribution in [2.24, 2.45) is 25.9 Å². The highest BCUT2D eigenvalue weighted by Gasteiger charge is 2.42. The molecule has 0 unspecified atom stereocenters. The number of fused-ring (bicyclic) bond motifs is 2. The highest BCUT2D eigenvalue weighted by Crippen LogP contribution is 2.38. The lowest BCUT2D eigenvalue weighted by molar-refractivity contribution is -0.138. The molecule has 0 aliphatic carbocycles. The number of hydrogen-bond acceptors (Lipinski definition) is 5. The lowest BCUT2D eigenvalue weighted by Crippen LogP contribution is -2.52. The van der Waals surface area contributed by atoms with Crippen LogP contribution in [0.3, 0.4) is 0 Å². The Labute approximate surface area is 258 Å². The first kappa shape index (κ1) is 29.4. The van der Waals surface area contributed by atoms with Gasteiger partial charge in [-0.3, -0.25) is 9.69 Å². The van der Waals surface area contributed by atoms with E-state index in [2.05, 4.69) is 77.1 Å². The molecule has 2 aromatic heterocycles. The van der Waals surface area contributed by atoms with Crippen molar-refractivity contribution in [3.8, 4) is 22.3 Å². The summed E-state index contributed by atoms with van der Waals surface area (Å²) in [6.07, 6.45) is 2.14. The summed E-state index contributed by atoms with van der Waals surface area (Å²) in [5.74, 6) is 1.03. The third-order valence-electron chi connectivity index (χ3n) is 9.05. The van der Waals surface area contributed by atoms with E-state index in [4.69, 9.17) is 9.72 Å². The summed E-state index contributed by atoms with van der Waals surface area (Å²) in [4.78, 5) is 39.1. The minimum Gasteiger partial charge on any atom is -0.453 e. The minimum absolute atomic E-state index is 0.0716. The summed E-state index contributed by atoms with van der Waals surface area (Å²) in [6.45, 7) is 6.70. The molecule has 9 nitrogen and oxygen atoms in total. The molecule has 0 bridgehead atoms. The summed E-state index contributed by atoms with van der Waals surface area (Å²) in [5.41, 5.74) is 8.54. The molecule has 9 heteroatoms. The molecule has 5 aromatic rings. The number of hydrogen-bond donors (Lipinski definition) is 0. The molecule has 0 radical (unpaired) electrons. The number of methoxy groups -OCH3 is 1. The number of rotatable bonds is 6. The maximum Gasteiger partial charge on any atom is 0.409 e. The molecule has 6 rings (SSSR count). The predicted molar refractivity (Wildman–Crippen MR) is 173 cm³/mol. The average molecular weight is 593 g/mol. The molecule has 44 heavy (non-hydrogen) atoms. The Morgan fingerprint density at radius 1 is 0.909 bits per heavy atom. The van der Waals surface area contributed by atoms with Gasteiger partial charge in [-0.1, -0.05) is 57.2 Å². The number of ether oxygens (including phenoxy) is 1. The summed E-state index contributed by atoms with van der Waals surface area (Å²) in [6, 6.07) is 20.5. The van der Waals surface area contributed by atoms with Gasteiger partial charge in [0, 0.05) is 27.7 Å². The number of likely N-dealkylation sites (tertiary alicyclic amines) is 1. The third kappa shape index (κ3) is 5.10. The topological polar surface area (TPSA) is 85.5 Å². The Hall–Kier alpha value is -4.66. The van der Waals surface area contributed by atoms with Gasteiger partial charge >= 0.3 is 6.09 Å². The van der Waals surface area contributed by atoms with Gasteiger partial charge in [0.1, 0.15) is 11.9 Å². The van der Waals surface area contributed by atoms with E-state index in [1.54, 1.807) is 7.05 Å². The van der Waals surface area contributed by atoms with Crippen molar-refractivity contribution in [2.45, 2.75) is 39.3 Å². The van der Waals surface area contributed by atoms with Gasteiger partial charge in [0.25, 0.3) is 0 Å². The number of amides is 2. The van der Waals surface area contributed by atoms with Gasteiger partial charge in [-0.15, -0.1) is 0 Å². The molecule has 3 atom stereocenters. The van der Waals surface area contributed by atoms with E-state index in [-0.39, 0.29) is 17.9 Å². The molecule has 1 aliphatic heterocycles. The van der Waals surface area contributed by atoms with Crippen molar-refractivity contribution < 1.29 is 14.3 Å². The molecule has 1 saturated heterocycles. The molecular weight excluding hydrogens is 552 g/mol. The number of carbonyl (C=O) groups is 2. The van der Waals surface area contributed by atoms with Crippen LogP contribution in [0.25, 0.3) is 44.3 Å². The van der Waals surface area contributed by atoms with E-state index in [0.717, 1.165) is 56.6 Å². The molecule has 0 saturated carbocycles. The Balaban J connectivity index is 1.29. The summed E-state index contributed by atoms with van der Waals surface area (Å²) < 4.78 is 9.09. The number of benzene rings is 3. The van der Waals surface area contributed by atoms with E-state index < -0.39 is 12.1 Å². The zero-order valence-corrected chi connectivity index (χ0v) is 26.5. The number of aryl methyl sites for hydroxylation is 2. The van der Waals surface area contributed by atoms with Gasteiger partial charge in [0.2, 0.25) is 5.91 Å². The van der Waals surface area contributed by atoms with Crippen molar-refractivity contribution in [2.75, 3.05) is 20.7 Å². The monoisotopic (exact) mass is 592 g/mol. The first-order valence-electron chi connectivity index (χ1n) is 15.2. The number of aromatic nitrogens is 4. The second-order valence-corrected chi connectivity index (χ2v) is 12.5. The van der Waals surface area contributed by atoms with E-state index in [0.29, 0.717) is 12.5 Å². The van der Waals surface area contributed by atoms with Crippen LogP contribution in [-0.4, -0.2) is 67.6 Å². The van der Waals surface area contributed by atoms with Gasteiger partial charge in [-0.25, -0.2) is 14.8 Å². The molecule has 0 spiro atoms. The normalized spacial score (nSPS) is 17.5. The fraction of sp³-hybridized carbons (Fsp3) is 0.371. The molecule has 0 N–H and O–H groups in total. The van der Waals surface area contributed by atoms with E-state index in [9.17, 15) is 9.59 Å². The fourth-order valence-electron chi connectivity index (χ4n) is 6.71. The molecule has 228 valence electrons. The quantitative estimate of drug-likeness (QED) is 0.227. The van der Waals surface area contributed by atoms with Crippen LogP contribution < -0.4 is 0 Å². The van der Waals surface area contributed by atoms with Crippen molar-refractivity contribution in [3.63, 3.8) is 0 Å². The molecule has 2 amide bonds. The largest absolute Gasteiger partial charge is 0.453 e. The summed E-state index contributed by atoms with van der Waals surface area (Å²) in [7, 11) is 7.01. The Morgan fingerprint density at radius 2 is 1.50 bits per heavy atom. The van der Waals surface area contributed by atoms with Crippen molar-refractivity contribution >= 4 is 34.1 Å². The van der Waals surface area contributed by atoms with E-state index >= 15 is 0 Å². The van der Waals surface area contributed by atoms with Crippen LogP contribution in [0.4, 0.5) is 4.79 Å². The van der Waals surface area contributed by atoms with Gasteiger partial charge in [-0.05, 0) is 64.8 Å². The first-order valence-corrected chi connectivity index (χ1v) is 15.2. The maximum absolute atomic E-state index is 14.0. The molecule has 1 aliphatic rings. The molecular formula is C35H40N6O3. The van der Waals surface area contributed by atoms with E-state index in [1.807, 2.05) is 43.7 Å². The third-order valence-corrected chi connectivity index (χ3v) is 9.05. The lowest BCUT2D eigenvalue weighted by atomic mass is 10.00. The standard InChI is InChI=1S/C35H40N6O3/c1-21(2)32(40(6)35(43)44-7)34(42)41-19-22(3)16-31(41)33-37-28-15-13-26(18-30(28)39(33)5)24-10-8-23(9-11-24)25-12-14-27-29(17-25)38(4)20-36-27/h8-15,17-18,20-22,31-32H,16,19H2,1-7H3/t22-,31-,32-/m0/s1. The Morgan fingerprint density at radius 3 is 2.11 bits per heavy atom. The van der Waals surface area contributed by atoms with Crippen LogP contribution >= 0.6 is 0 Å². The zero-order chi connectivity index (χ0) is 31.3. The van der Waals surface area contributed by atoms with Crippen molar-refractivity contribution in [3.05, 3.63) is 72.8 Å². The predicted octanol–water partition coefficient (Wildman–Crippen LogP) is 6.43. The first-order chi connectivity index (χ1) is 21.1. The van der Waals surface area contributed by atoms with Gasteiger partial charge in [0.05, 0.1) is 41.5 Å². The van der Waals surface area contributed by atoms with Gasteiger partial charge in [-0.2, -0.15) is 0 Å². The summed E-state index contributed by atoms with van der Waals surface area (Å²) >= 11 is 0. The average Bonchev–Trinajstić information content (AvgIpc) is 3.70. The van der Waals surface area contributed by atoms with Gasteiger partial charge < -0.3 is 18.8 Å². The summed E-state index contributed by atoms with van der Waals surface area (Å²) in [5, 5.41) is 0. The van der Waals surface area contributed by atoms with Crippen LogP contribution in [0.2, 0.25) is 0 Å². The Bertz CT molecular complexity index is 1850. The number of imidazole rings is 2. The van der Waals surface area contributed by atoms with Crippen LogP contribution in [0.5, 0.6) is 0 Å². The fourth-order valence-corrected chi connectivity index (χ4v) is 6.71. The molecule has 3 aromatic carbocycles. The number of nitrogens with zero attached hydrogens (tertiary/aromatic N) is 6. The number of carbonyl (C=O) groups excluding carboxylic acids is 2. The van der Waals surface area contributed by atoms with Crippen LogP contribution in [0.15, 0.2) is 67.0 Å². The van der Waals surface area contributed by atoms with Crippen LogP contribution in [0, 0.1) is 11.8 Å². The highest BCUT2D eigenvalue weighted by atomic mass is 16.5. The minimum atomic E-state index is -0.620. The molecule has 3 heterocycles. The number of likely N-dealkylation sites (N-methyl/N-ethyl adjacent to an activating group) is 1. The molecule has 1 fully saturated rings. The van der Waals surface area contributed by atoms with Crippen LogP contribution in [-0.2, 0) is 23.6 Å². The van der Waals surface area contributed by atoms with Crippen molar-refractivity contribution in [1.82, 2.24) is 28.9 Å². The zero-order valence-electron chi connectivity index (χ0n) is 26.5. The second kappa shape index (κ2) is 11.4. The Kier molecular flexibility index (Phi) is 7.65.